The van der Waals surface area contributed by atoms with Crippen LogP contribution in [0.15, 0.2) is 0 Å². The van der Waals surface area contributed by atoms with Crippen LogP contribution in [-0.2, 0) is 19.1 Å². The smallest absolute Gasteiger partial charge is 0.306 e. The largest absolute Gasteiger partial charge is 0.460 e. The summed E-state index contributed by atoms with van der Waals surface area (Å²) in [5.41, 5.74) is -1.04. The maximum Gasteiger partial charge on any atom is 0.306 e. The monoisotopic (exact) mass is 339 g/mol. The predicted molar refractivity (Wildman–Crippen MR) is 93.1 cm³/mol. The second-order valence-electron chi connectivity index (χ2n) is 9.77. The Labute approximate surface area is 146 Å². The minimum absolute atomic E-state index is 0.138. The van der Waals surface area contributed by atoms with E-state index in [0.29, 0.717) is 12.8 Å². The molecule has 1 aliphatic heterocycles. The Balaban J connectivity index is 2.86. The lowest BCUT2D eigenvalue weighted by atomic mass is 9.77. The molecule has 1 fully saturated rings. The highest BCUT2D eigenvalue weighted by Gasteiger charge is 2.40. The fraction of sp³-hybridized carbons (Fsp3) is 0.842. The highest BCUT2D eigenvalue weighted by Crippen LogP contribution is 2.35. The van der Waals surface area contributed by atoms with E-state index in [1.54, 1.807) is 0 Å². The summed E-state index contributed by atoms with van der Waals surface area (Å²) in [5.74, 6) is -0.717. The SMILES string of the molecule is CC1(C)CC(=O)N(C[C@@H](CC(=O)OC(C)(C)C)C(C)(C)C)C(=O)C1. The van der Waals surface area contributed by atoms with Gasteiger partial charge in [0.2, 0.25) is 11.8 Å². The zero-order chi connectivity index (χ0) is 18.9. The number of imide groups is 1. The molecule has 0 saturated carbocycles. The van der Waals surface area contributed by atoms with Gasteiger partial charge < -0.3 is 4.74 Å². The quantitative estimate of drug-likeness (QED) is 0.580. The molecule has 1 heterocycles. The number of nitrogens with zero attached hydrogens (tertiary/aromatic N) is 1. The van der Waals surface area contributed by atoms with Crippen molar-refractivity contribution in [1.82, 2.24) is 4.90 Å². The Morgan fingerprint density at radius 2 is 1.54 bits per heavy atom. The highest BCUT2D eigenvalue weighted by atomic mass is 16.6. The van der Waals surface area contributed by atoms with Crippen LogP contribution in [0.1, 0.15) is 74.7 Å². The molecule has 0 spiro atoms. The number of hydrogen-bond acceptors (Lipinski definition) is 4. The molecule has 0 N–H and O–H groups in total. The van der Waals surface area contributed by atoms with Crippen molar-refractivity contribution in [2.24, 2.45) is 16.7 Å². The van der Waals surface area contributed by atoms with Crippen molar-refractivity contribution in [3.8, 4) is 0 Å². The first-order valence-corrected chi connectivity index (χ1v) is 8.66. The van der Waals surface area contributed by atoms with E-state index < -0.39 is 5.60 Å². The van der Waals surface area contributed by atoms with Gasteiger partial charge in [-0.05, 0) is 37.5 Å². The van der Waals surface area contributed by atoms with E-state index in [-0.39, 0.29) is 47.5 Å². The predicted octanol–water partition coefficient (Wildman–Crippen LogP) is 3.56. The van der Waals surface area contributed by atoms with Crippen LogP contribution in [0.5, 0.6) is 0 Å². The Bertz CT molecular complexity index is 488. The molecule has 0 aliphatic carbocycles. The van der Waals surface area contributed by atoms with Gasteiger partial charge in [-0.3, -0.25) is 19.3 Å². The summed E-state index contributed by atoms with van der Waals surface area (Å²) in [5, 5.41) is 0. The lowest BCUT2D eigenvalue weighted by Crippen LogP contribution is -2.49. The molecule has 0 aromatic rings. The van der Waals surface area contributed by atoms with Gasteiger partial charge in [-0.25, -0.2) is 0 Å². The van der Waals surface area contributed by atoms with E-state index in [2.05, 4.69) is 0 Å². The van der Waals surface area contributed by atoms with Crippen molar-refractivity contribution in [3.63, 3.8) is 0 Å². The van der Waals surface area contributed by atoms with Crippen molar-refractivity contribution < 1.29 is 19.1 Å². The van der Waals surface area contributed by atoms with Crippen molar-refractivity contribution >= 4 is 17.8 Å². The number of hydrogen-bond donors (Lipinski definition) is 0. The number of piperidine rings is 1. The van der Waals surface area contributed by atoms with Gasteiger partial charge in [-0.15, -0.1) is 0 Å². The summed E-state index contributed by atoms with van der Waals surface area (Å²) in [6.07, 6.45) is 0.922. The molecule has 1 atom stereocenters. The summed E-state index contributed by atoms with van der Waals surface area (Å²) in [7, 11) is 0. The van der Waals surface area contributed by atoms with Gasteiger partial charge in [0.15, 0.2) is 0 Å². The van der Waals surface area contributed by atoms with E-state index in [1.165, 1.54) is 4.90 Å². The minimum Gasteiger partial charge on any atom is -0.460 e. The zero-order valence-electron chi connectivity index (χ0n) is 16.5. The topological polar surface area (TPSA) is 63.7 Å². The summed E-state index contributed by atoms with van der Waals surface area (Å²) < 4.78 is 5.41. The zero-order valence-corrected chi connectivity index (χ0v) is 16.5. The van der Waals surface area contributed by atoms with E-state index in [0.717, 1.165) is 0 Å². The van der Waals surface area contributed by atoms with E-state index >= 15 is 0 Å². The number of carbonyl (C=O) groups excluding carboxylic acids is 3. The maximum absolute atomic E-state index is 12.4. The number of ether oxygens (including phenoxy) is 1. The van der Waals surface area contributed by atoms with Gasteiger partial charge in [0.05, 0.1) is 6.42 Å². The summed E-state index contributed by atoms with van der Waals surface area (Å²) in [4.78, 5) is 38.3. The van der Waals surface area contributed by atoms with Crippen LogP contribution in [0, 0.1) is 16.7 Å². The van der Waals surface area contributed by atoms with Crippen molar-refractivity contribution in [2.45, 2.75) is 80.3 Å². The summed E-state index contributed by atoms with van der Waals surface area (Å²) in [6.45, 7) is 15.7. The van der Waals surface area contributed by atoms with Crippen LogP contribution in [0.2, 0.25) is 0 Å². The fourth-order valence-electron chi connectivity index (χ4n) is 2.86. The Kier molecular flexibility index (Phi) is 5.89. The van der Waals surface area contributed by atoms with Crippen molar-refractivity contribution in [1.29, 1.82) is 0 Å². The second kappa shape index (κ2) is 6.85. The van der Waals surface area contributed by atoms with E-state index in [4.69, 9.17) is 4.74 Å². The van der Waals surface area contributed by atoms with E-state index in [9.17, 15) is 14.4 Å². The molecule has 5 nitrogen and oxygen atoms in total. The van der Waals surface area contributed by atoms with Crippen LogP contribution < -0.4 is 0 Å². The van der Waals surface area contributed by atoms with Gasteiger partial charge in [0, 0.05) is 19.4 Å². The van der Waals surface area contributed by atoms with Crippen molar-refractivity contribution in [3.05, 3.63) is 0 Å². The molecule has 1 aliphatic rings. The molecular formula is C19H33NO4. The van der Waals surface area contributed by atoms with E-state index in [1.807, 2.05) is 55.4 Å². The number of likely N-dealkylation sites (tertiary alicyclic amines) is 1. The third kappa shape index (κ3) is 6.25. The normalized spacial score (nSPS) is 20.1. The summed E-state index contributed by atoms with van der Waals surface area (Å²) >= 11 is 0. The molecule has 5 heteroatoms. The molecule has 2 amide bonds. The van der Waals surface area contributed by atoms with Crippen LogP contribution in [-0.4, -0.2) is 34.8 Å². The van der Waals surface area contributed by atoms with Gasteiger partial charge in [-0.1, -0.05) is 34.6 Å². The van der Waals surface area contributed by atoms with Crippen LogP contribution in [0.4, 0.5) is 0 Å². The fourth-order valence-corrected chi connectivity index (χ4v) is 2.86. The maximum atomic E-state index is 12.4. The molecule has 0 radical (unpaired) electrons. The second-order valence-corrected chi connectivity index (χ2v) is 9.77. The van der Waals surface area contributed by atoms with Gasteiger partial charge in [0.25, 0.3) is 0 Å². The van der Waals surface area contributed by atoms with Gasteiger partial charge in [-0.2, -0.15) is 0 Å². The first-order valence-electron chi connectivity index (χ1n) is 8.66. The summed E-state index contributed by atoms with van der Waals surface area (Å²) in [6, 6.07) is 0. The molecule has 138 valence electrons. The lowest BCUT2D eigenvalue weighted by Gasteiger charge is -2.39. The Morgan fingerprint density at radius 1 is 1.08 bits per heavy atom. The number of rotatable bonds is 4. The van der Waals surface area contributed by atoms with Gasteiger partial charge in [0.1, 0.15) is 5.60 Å². The average Bonchev–Trinajstić information content (AvgIpc) is 2.26. The third-order valence-electron chi connectivity index (χ3n) is 4.32. The lowest BCUT2D eigenvalue weighted by molar-refractivity contribution is -0.161. The van der Waals surface area contributed by atoms with Crippen LogP contribution in [0.3, 0.4) is 0 Å². The van der Waals surface area contributed by atoms with Crippen LogP contribution in [0.25, 0.3) is 0 Å². The minimum atomic E-state index is -0.541. The molecule has 0 aromatic carbocycles. The molecule has 1 saturated heterocycles. The first-order chi connectivity index (χ1) is 10.6. The van der Waals surface area contributed by atoms with Gasteiger partial charge >= 0.3 is 5.97 Å². The molecular weight excluding hydrogens is 306 g/mol. The third-order valence-corrected chi connectivity index (χ3v) is 4.32. The Morgan fingerprint density at radius 3 is 1.92 bits per heavy atom. The number of carbonyl (C=O) groups is 3. The molecule has 0 aromatic heterocycles. The first kappa shape index (κ1) is 20.7. The average molecular weight is 339 g/mol. The Hall–Kier alpha value is -1.39. The molecule has 24 heavy (non-hydrogen) atoms. The highest BCUT2D eigenvalue weighted by molar-refractivity contribution is 5.98. The van der Waals surface area contributed by atoms with Crippen LogP contribution >= 0.6 is 0 Å². The number of amides is 2. The standard InChI is InChI=1S/C19H33NO4/c1-17(2,3)13(9-16(23)24-18(4,5)6)12-20-14(21)10-19(7,8)11-15(20)22/h13H,9-12H2,1-8H3/t13-/m1/s1. The van der Waals surface area contributed by atoms with Crippen molar-refractivity contribution in [2.75, 3.05) is 6.54 Å². The molecule has 1 rings (SSSR count). The molecule has 0 unspecified atom stereocenters. The number of esters is 1. The molecule has 0 bridgehead atoms.